The lowest BCUT2D eigenvalue weighted by Crippen LogP contribution is -2.30. The van der Waals surface area contributed by atoms with E-state index in [-0.39, 0.29) is 17.6 Å². The highest BCUT2D eigenvalue weighted by Gasteiger charge is 2.42. The highest BCUT2D eigenvalue weighted by Crippen LogP contribution is 2.26. The summed E-state index contributed by atoms with van der Waals surface area (Å²) in [6.07, 6.45) is 1.61. The molecule has 1 saturated heterocycles. The maximum absolute atomic E-state index is 13.4. The lowest BCUT2D eigenvalue weighted by atomic mass is 10.1. The van der Waals surface area contributed by atoms with E-state index in [1.165, 1.54) is 0 Å². The van der Waals surface area contributed by atoms with E-state index in [1.807, 2.05) is 4.90 Å². The van der Waals surface area contributed by atoms with Crippen LogP contribution in [0.1, 0.15) is 18.5 Å². The summed E-state index contributed by atoms with van der Waals surface area (Å²) in [4.78, 5) is 13.4. The maximum atomic E-state index is 13.4. The quantitative estimate of drug-likeness (QED) is 0.344. The molecule has 0 amide bonds. The first-order valence-corrected chi connectivity index (χ1v) is 7.37. The minimum atomic E-state index is -1.49. The van der Waals surface area contributed by atoms with Crippen molar-refractivity contribution < 1.29 is 22.7 Å². The van der Waals surface area contributed by atoms with E-state index in [4.69, 9.17) is 4.74 Å². The van der Waals surface area contributed by atoms with Crippen LogP contribution in [-0.2, 0) is 9.53 Å². The number of halogens is 3. The molecular weight excluding hydrogens is 309 g/mol. The van der Waals surface area contributed by atoms with E-state index >= 15 is 0 Å². The minimum Gasteiger partial charge on any atom is -0.465 e. The summed E-state index contributed by atoms with van der Waals surface area (Å²) < 4.78 is 44.9. The molecule has 126 valence electrons. The Morgan fingerprint density at radius 3 is 2.70 bits per heavy atom. The molecule has 3 atom stereocenters. The summed E-state index contributed by atoms with van der Waals surface area (Å²) in [5.41, 5.74) is 0.276. The van der Waals surface area contributed by atoms with E-state index in [0.29, 0.717) is 26.2 Å². The Morgan fingerprint density at radius 1 is 1.48 bits per heavy atom. The molecular formula is C16H19F3N2O2. The summed E-state index contributed by atoms with van der Waals surface area (Å²) in [5.74, 6) is -4.28. The molecule has 4 nitrogen and oxygen atoms in total. The number of benzene rings is 1. The normalized spacial score (nSPS) is 20.9. The van der Waals surface area contributed by atoms with Crippen molar-refractivity contribution in [3.05, 3.63) is 47.8 Å². The fraction of sp³-hybridized carbons (Fsp3) is 0.438. The van der Waals surface area contributed by atoms with Gasteiger partial charge in [0.1, 0.15) is 6.04 Å². The topological polar surface area (TPSA) is 41.3 Å². The predicted molar refractivity (Wildman–Crippen MR) is 79.3 cm³/mol. The molecule has 23 heavy (non-hydrogen) atoms. The molecule has 1 aliphatic rings. The Hall–Kier alpha value is -1.86. The van der Waals surface area contributed by atoms with Gasteiger partial charge in [-0.25, -0.2) is 13.2 Å². The number of carbonyl (C=O) groups is 1. The molecule has 1 aliphatic heterocycles. The van der Waals surface area contributed by atoms with Crippen molar-refractivity contribution in [1.82, 2.24) is 10.2 Å². The third-order valence-corrected chi connectivity index (χ3v) is 3.61. The number of rotatable bonds is 8. The molecule has 0 bridgehead atoms. The van der Waals surface area contributed by atoms with Crippen LogP contribution in [0.15, 0.2) is 24.8 Å². The van der Waals surface area contributed by atoms with Gasteiger partial charge in [0.25, 0.3) is 0 Å². The van der Waals surface area contributed by atoms with Gasteiger partial charge in [0, 0.05) is 25.7 Å². The van der Waals surface area contributed by atoms with Crippen molar-refractivity contribution in [1.29, 1.82) is 0 Å². The molecule has 0 radical (unpaired) electrons. The van der Waals surface area contributed by atoms with E-state index in [1.54, 1.807) is 13.0 Å². The SMILES string of the molecule is C=CCNC(CN1CC1C(=O)OCC)c1cc(F)c(F)c(F)c1. The highest BCUT2D eigenvalue weighted by molar-refractivity contribution is 5.79. The molecule has 3 unspecified atom stereocenters. The average molecular weight is 328 g/mol. The summed E-state index contributed by atoms with van der Waals surface area (Å²) in [5, 5.41) is 3.05. The van der Waals surface area contributed by atoms with Gasteiger partial charge >= 0.3 is 5.97 Å². The first kappa shape index (κ1) is 17.5. The van der Waals surface area contributed by atoms with Crippen molar-refractivity contribution in [2.75, 3.05) is 26.2 Å². The number of carbonyl (C=O) groups excluding carboxylic acids is 1. The molecule has 2 rings (SSSR count). The Morgan fingerprint density at radius 2 is 2.13 bits per heavy atom. The lowest BCUT2D eigenvalue weighted by Gasteiger charge is -2.20. The highest BCUT2D eigenvalue weighted by atomic mass is 19.2. The summed E-state index contributed by atoms with van der Waals surface area (Å²) >= 11 is 0. The van der Waals surface area contributed by atoms with E-state index in [9.17, 15) is 18.0 Å². The second-order valence-corrected chi connectivity index (χ2v) is 5.27. The van der Waals surface area contributed by atoms with Crippen molar-refractivity contribution >= 4 is 5.97 Å². The molecule has 0 aliphatic carbocycles. The van der Waals surface area contributed by atoms with Gasteiger partial charge in [-0.2, -0.15) is 0 Å². The van der Waals surface area contributed by atoms with Crippen LogP contribution in [-0.4, -0.2) is 43.2 Å². The van der Waals surface area contributed by atoms with Gasteiger partial charge in [-0.15, -0.1) is 6.58 Å². The van der Waals surface area contributed by atoms with Crippen LogP contribution in [0.2, 0.25) is 0 Å². The van der Waals surface area contributed by atoms with E-state index < -0.39 is 23.5 Å². The van der Waals surface area contributed by atoms with Crippen LogP contribution < -0.4 is 5.32 Å². The number of hydrogen-bond acceptors (Lipinski definition) is 4. The van der Waals surface area contributed by atoms with E-state index in [2.05, 4.69) is 11.9 Å². The Kier molecular flexibility index (Phi) is 5.79. The molecule has 1 fully saturated rings. The first-order valence-electron chi connectivity index (χ1n) is 7.37. The number of nitrogens with zero attached hydrogens (tertiary/aromatic N) is 1. The number of nitrogens with one attached hydrogen (secondary N) is 1. The fourth-order valence-corrected chi connectivity index (χ4v) is 2.36. The number of hydrogen-bond donors (Lipinski definition) is 1. The van der Waals surface area contributed by atoms with Crippen molar-refractivity contribution in [3.8, 4) is 0 Å². The number of esters is 1. The maximum Gasteiger partial charge on any atom is 0.324 e. The third-order valence-electron chi connectivity index (χ3n) is 3.61. The number of ether oxygens (including phenoxy) is 1. The van der Waals surface area contributed by atoms with Crippen LogP contribution in [0.4, 0.5) is 13.2 Å². The zero-order valence-electron chi connectivity index (χ0n) is 12.8. The van der Waals surface area contributed by atoms with Crippen LogP contribution in [0.25, 0.3) is 0 Å². The second-order valence-electron chi connectivity index (χ2n) is 5.27. The van der Waals surface area contributed by atoms with Gasteiger partial charge in [0.15, 0.2) is 17.5 Å². The summed E-state index contributed by atoms with van der Waals surface area (Å²) in [7, 11) is 0. The Balaban J connectivity index is 2.09. The standard InChI is InChI=1S/C16H19F3N2O2/c1-3-5-20-13(8-21-9-14(21)16(22)23-4-2)10-6-11(17)15(19)12(18)7-10/h3,6-7,13-14,20H,1,4-5,8-9H2,2H3. The van der Waals surface area contributed by atoms with E-state index in [0.717, 1.165) is 12.1 Å². The largest absolute Gasteiger partial charge is 0.465 e. The van der Waals surface area contributed by atoms with Gasteiger partial charge < -0.3 is 10.1 Å². The van der Waals surface area contributed by atoms with Gasteiger partial charge in [-0.05, 0) is 24.6 Å². The second kappa shape index (κ2) is 7.61. The smallest absolute Gasteiger partial charge is 0.324 e. The molecule has 0 spiro atoms. The van der Waals surface area contributed by atoms with Crippen LogP contribution in [0, 0.1) is 17.5 Å². The zero-order valence-corrected chi connectivity index (χ0v) is 12.8. The molecule has 1 aromatic rings. The minimum absolute atomic E-state index is 0.276. The van der Waals surface area contributed by atoms with Crippen LogP contribution >= 0.6 is 0 Å². The average Bonchev–Trinajstić information content (AvgIpc) is 3.28. The fourth-order valence-electron chi connectivity index (χ4n) is 2.36. The Bertz CT molecular complexity index is 572. The van der Waals surface area contributed by atoms with Gasteiger partial charge in [0.05, 0.1) is 6.61 Å². The van der Waals surface area contributed by atoms with Gasteiger partial charge in [-0.3, -0.25) is 9.69 Å². The van der Waals surface area contributed by atoms with Gasteiger partial charge in [-0.1, -0.05) is 6.08 Å². The van der Waals surface area contributed by atoms with Gasteiger partial charge in [0.2, 0.25) is 0 Å². The summed E-state index contributed by atoms with van der Waals surface area (Å²) in [6.45, 7) is 6.89. The lowest BCUT2D eigenvalue weighted by molar-refractivity contribution is -0.143. The molecule has 1 N–H and O–H groups in total. The predicted octanol–water partition coefficient (Wildman–Crippen LogP) is 2.17. The zero-order chi connectivity index (χ0) is 17.0. The monoisotopic (exact) mass is 328 g/mol. The first-order chi connectivity index (χ1) is 11.0. The molecule has 0 aromatic heterocycles. The van der Waals surface area contributed by atoms with Crippen LogP contribution in [0.5, 0.6) is 0 Å². The molecule has 7 heteroatoms. The summed E-state index contributed by atoms with van der Waals surface area (Å²) in [6, 6.07) is 1.12. The molecule has 0 saturated carbocycles. The van der Waals surface area contributed by atoms with Crippen molar-refractivity contribution in [3.63, 3.8) is 0 Å². The molecule has 1 aromatic carbocycles. The Labute approximate surface area is 132 Å². The third kappa shape index (κ3) is 4.33. The van der Waals surface area contributed by atoms with Crippen molar-refractivity contribution in [2.45, 2.75) is 19.0 Å². The molecule has 1 heterocycles. The van der Waals surface area contributed by atoms with Crippen molar-refractivity contribution in [2.24, 2.45) is 0 Å². The van der Waals surface area contributed by atoms with Crippen LogP contribution in [0.3, 0.4) is 0 Å².